The molecule has 5 nitrogen and oxygen atoms in total. The Labute approximate surface area is 106 Å². The molecule has 18 heavy (non-hydrogen) atoms. The Hall–Kier alpha value is -1.75. The largest absolute Gasteiger partial charge is 0.491 e. The summed E-state index contributed by atoms with van der Waals surface area (Å²) in [5.74, 6) is 1.22. The van der Waals surface area contributed by atoms with Gasteiger partial charge in [-0.2, -0.15) is 0 Å². The summed E-state index contributed by atoms with van der Waals surface area (Å²) in [6.45, 7) is 4.67. The van der Waals surface area contributed by atoms with Crippen molar-refractivity contribution in [1.82, 2.24) is 5.32 Å². The van der Waals surface area contributed by atoms with Crippen LogP contribution >= 0.6 is 0 Å². The molecule has 0 radical (unpaired) electrons. The Morgan fingerprint density at radius 2 is 2.44 bits per heavy atom. The molecule has 2 rings (SSSR count). The number of likely N-dealkylation sites (N-methyl/N-ethyl adjacent to an activating group) is 1. The van der Waals surface area contributed by atoms with E-state index in [4.69, 9.17) is 15.2 Å². The first-order chi connectivity index (χ1) is 8.61. The van der Waals surface area contributed by atoms with E-state index in [2.05, 4.69) is 5.32 Å². The number of nitrogens with two attached hydrogens (primary N) is 1. The molecule has 0 saturated heterocycles. The highest BCUT2D eigenvalue weighted by Crippen LogP contribution is 2.34. The molecule has 98 valence electrons. The summed E-state index contributed by atoms with van der Waals surface area (Å²) in [6, 6.07) is 5.39. The summed E-state index contributed by atoms with van der Waals surface area (Å²) in [5.41, 5.74) is 6.84. The summed E-state index contributed by atoms with van der Waals surface area (Å²) in [7, 11) is 0. The number of rotatable bonds is 4. The van der Waals surface area contributed by atoms with Crippen LogP contribution in [-0.2, 0) is 4.79 Å². The molecule has 1 aliphatic heterocycles. The number of hydrogen-bond acceptors (Lipinski definition) is 4. The Kier molecular flexibility index (Phi) is 3.72. The maximum atomic E-state index is 11.5. The molecule has 0 bridgehead atoms. The molecule has 2 atom stereocenters. The molecule has 1 heterocycles. The Morgan fingerprint density at radius 3 is 3.17 bits per heavy atom. The smallest absolute Gasteiger partial charge is 0.260 e. The molecule has 5 heteroatoms. The molecule has 0 saturated carbocycles. The zero-order valence-electron chi connectivity index (χ0n) is 10.6. The van der Waals surface area contributed by atoms with Gasteiger partial charge >= 0.3 is 0 Å². The van der Waals surface area contributed by atoms with Crippen LogP contribution in [0.25, 0.3) is 0 Å². The Bertz CT molecular complexity index is 448. The number of benzene rings is 1. The minimum atomic E-state index is -0.530. The molecule has 0 aromatic heterocycles. The molecule has 0 fully saturated rings. The van der Waals surface area contributed by atoms with E-state index >= 15 is 0 Å². The van der Waals surface area contributed by atoms with Gasteiger partial charge in [-0.05, 0) is 26.0 Å². The van der Waals surface area contributed by atoms with E-state index in [0.29, 0.717) is 18.9 Å². The van der Waals surface area contributed by atoms with Crippen molar-refractivity contribution in [2.75, 3.05) is 13.2 Å². The van der Waals surface area contributed by atoms with E-state index in [9.17, 15) is 4.79 Å². The number of carbonyl (C=O) groups excluding carboxylic acids is 1. The van der Waals surface area contributed by atoms with Crippen LogP contribution in [0.5, 0.6) is 11.5 Å². The lowest BCUT2D eigenvalue weighted by Gasteiger charge is -2.14. The second-order valence-corrected chi connectivity index (χ2v) is 4.27. The first-order valence-corrected chi connectivity index (χ1v) is 6.08. The first-order valence-electron chi connectivity index (χ1n) is 6.08. The molecule has 0 aliphatic carbocycles. The fourth-order valence-electron chi connectivity index (χ4n) is 1.86. The van der Waals surface area contributed by atoms with Gasteiger partial charge < -0.3 is 20.5 Å². The standard InChI is InChI=1S/C13H18N2O3/c1-3-15-13(16)8(2)18-9-4-5-10-11(14)7-17-12(10)6-9/h4-6,8,11H,3,7,14H2,1-2H3,(H,15,16). The minimum absolute atomic E-state index is 0.0742. The lowest BCUT2D eigenvalue weighted by molar-refractivity contribution is -0.127. The number of nitrogens with one attached hydrogen (secondary N) is 1. The van der Waals surface area contributed by atoms with E-state index in [-0.39, 0.29) is 11.9 Å². The number of ether oxygens (including phenoxy) is 2. The van der Waals surface area contributed by atoms with E-state index in [1.807, 2.05) is 19.1 Å². The second-order valence-electron chi connectivity index (χ2n) is 4.27. The second kappa shape index (κ2) is 5.27. The van der Waals surface area contributed by atoms with Crippen molar-refractivity contribution in [2.45, 2.75) is 26.0 Å². The topological polar surface area (TPSA) is 73.6 Å². The van der Waals surface area contributed by atoms with Crippen LogP contribution in [0, 0.1) is 0 Å². The van der Waals surface area contributed by atoms with Gasteiger partial charge in [-0.15, -0.1) is 0 Å². The van der Waals surface area contributed by atoms with E-state index < -0.39 is 6.10 Å². The van der Waals surface area contributed by atoms with Gasteiger partial charge in [0.05, 0.1) is 6.04 Å². The van der Waals surface area contributed by atoms with Crippen molar-refractivity contribution < 1.29 is 14.3 Å². The normalized spacial score (nSPS) is 18.7. The van der Waals surface area contributed by atoms with Crippen molar-refractivity contribution in [1.29, 1.82) is 0 Å². The Morgan fingerprint density at radius 1 is 1.67 bits per heavy atom. The molecule has 1 aromatic carbocycles. The van der Waals surface area contributed by atoms with Crippen molar-refractivity contribution in [3.63, 3.8) is 0 Å². The van der Waals surface area contributed by atoms with Crippen molar-refractivity contribution >= 4 is 5.91 Å². The predicted octanol–water partition coefficient (Wildman–Crippen LogP) is 0.982. The molecule has 1 aliphatic rings. The summed E-state index contributed by atoms with van der Waals surface area (Å²) >= 11 is 0. The Balaban J connectivity index is 2.05. The number of amides is 1. The average molecular weight is 250 g/mol. The van der Waals surface area contributed by atoms with Crippen molar-refractivity contribution in [2.24, 2.45) is 5.73 Å². The van der Waals surface area contributed by atoms with Crippen LogP contribution in [0.2, 0.25) is 0 Å². The van der Waals surface area contributed by atoms with Crippen LogP contribution in [0.3, 0.4) is 0 Å². The fraction of sp³-hybridized carbons (Fsp3) is 0.462. The minimum Gasteiger partial charge on any atom is -0.491 e. The SMILES string of the molecule is CCNC(=O)C(C)Oc1ccc2c(c1)OCC2N. The van der Waals surface area contributed by atoms with E-state index in [1.165, 1.54) is 0 Å². The highest BCUT2D eigenvalue weighted by molar-refractivity contribution is 5.80. The summed E-state index contributed by atoms with van der Waals surface area (Å²) in [6.07, 6.45) is -0.530. The summed E-state index contributed by atoms with van der Waals surface area (Å²) in [4.78, 5) is 11.5. The highest BCUT2D eigenvalue weighted by atomic mass is 16.5. The fourth-order valence-corrected chi connectivity index (χ4v) is 1.86. The molecule has 3 N–H and O–H groups in total. The maximum absolute atomic E-state index is 11.5. The molecule has 1 aromatic rings. The lowest BCUT2D eigenvalue weighted by atomic mass is 10.1. The van der Waals surface area contributed by atoms with Gasteiger partial charge in [0.15, 0.2) is 6.10 Å². The summed E-state index contributed by atoms with van der Waals surface area (Å²) in [5, 5.41) is 2.71. The molecular formula is C13H18N2O3. The number of fused-ring (bicyclic) bond motifs is 1. The average Bonchev–Trinajstić information content (AvgIpc) is 2.71. The third-order valence-electron chi connectivity index (χ3n) is 2.84. The van der Waals surface area contributed by atoms with Gasteiger partial charge in [-0.1, -0.05) is 0 Å². The van der Waals surface area contributed by atoms with Crippen LogP contribution in [0.4, 0.5) is 0 Å². The monoisotopic (exact) mass is 250 g/mol. The molecule has 2 unspecified atom stereocenters. The van der Waals surface area contributed by atoms with E-state index in [0.717, 1.165) is 11.3 Å². The molecule has 1 amide bonds. The molecular weight excluding hydrogens is 232 g/mol. The predicted molar refractivity (Wildman–Crippen MR) is 67.6 cm³/mol. The molecule has 0 spiro atoms. The van der Waals surface area contributed by atoms with Crippen molar-refractivity contribution in [3.8, 4) is 11.5 Å². The highest BCUT2D eigenvalue weighted by Gasteiger charge is 2.22. The van der Waals surface area contributed by atoms with Crippen LogP contribution in [0.1, 0.15) is 25.5 Å². The third kappa shape index (κ3) is 2.56. The zero-order chi connectivity index (χ0) is 13.1. The number of carbonyl (C=O) groups is 1. The van der Waals surface area contributed by atoms with Gasteiger partial charge in [0.2, 0.25) is 0 Å². The zero-order valence-corrected chi connectivity index (χ0v) is 10.6. The third-order valence-corrected chi connectivity index (χ3v) is 2.84. The lowest BCUT2D eigenvalue weighted by Crippen LogP contribution is -2.36. The van der Waals surface area contributed by atoms with E-state index in [1.54, 1.807) is 13.0 Å². The van der Waals surface area contributed by atoms with Crippen LogP contribution in [-0.4, -0.2) is 25.2 Å². The van der Waals surface area contributed by atoms with Gasteiger partial charge in [0, 0.05) is 18.2 Å². The number of hydrogen-bond donors (Lipinski definition) is 2. The maximum Gasteiger partial charge on any atom is 0.260 e. The van der Waals surface area contributed by atoms with Gasteiger partial charge in [-0.25, -0.2) is 0 Å². The summed E-state index contributed by atoms with van der Waals surface area (Å²) < 4.78 is 11.0. The van der Waals surface area contributed by atoms with Gasteiger partial charge in [0.1, 0.15) is 18.1 Å². The first kappa shape index (κ1) is 12.7. The van der Waals surface area contributed by atoms with Gasteiger partial charge in [-0.3, -0.25) is 4.79 Å². The quantitative estimate of drug-likeness (QED) is 0.835. The van der Waals surface area contributed by atoms with Crippen LogP contribution < -0.4 is 20.5 Å². The van der Waals surface area contributed by atoms with Gasteiger partial charge in [0.25, 0.3) is 5.91 Å². The van der Waals surface area contributed by atoms with Crippen LogP contribution in [0.15, 0.2) is 18.2 Å². The van der Waals surface area contributed by atoms with Crippen molar-refractivity contribution in [3.05, 3.63) is 23.8 Å².